The van der Waals surface area contributed by atoms with Gasteiger partial charge in [-0.3, -0.25) is 4.98 Å². The van der Waals surface area contributed by atoms with Crippen LogP contribution >= 0.6 is 15.9 Å². The number of hydrogen-bond donors (Lipinski definition) is 2. The highest BCUT2D eigenvalue weighted by atomic mass is 79.9. The van der Waals surface area contributed by atoms with Crippen LogP contribution in [-0.4, -0.2) is 20.2 Å². The molecule has 116 valence electrons. The number of aryl methyl sites for hydroxylation is 1. The van der Waals surface area contributed by atoms with E-state index in [0.717, 1.165) is 21.3 Å². The molecule has 2 aromatic heterocycles. The van der Waals surface area contributed by atoms with E-state index in [2.05, 4.69) is 46.7 Å². The highest BCUT2D eigenvalue weighted by Crippen LogP contribution is 2.22. The molecule has 2 N–H and O–H groups in total. The second kappa shape index (κ2) is 7.15. The molecule has 0 amide bonds. The summed E-state index contributed by atoms with van der Waals surface area (Å²) in [5.41, 5.74) is 3.20. The summed E-state index contributed by atoms with van der Waals surface area (Å²) in [4.78, 5) is 8.40. The highest BCUT2D eigenvalue weighted by Gasteiger charge is 2.03. The summed E-state index contributed by atoms with van der Waals surface area (Å²) in [6.07, 6.45) is 5.10. The fraction of sp³-hybridized carbons (Fsp3) is 0.125. The summed E-state index contributed by atoms with van der Waals surface area (Å²) in [6, 6.07) is 9.88. The third-order valence-corrected chi connectivity index (χ3v) is 4.08. The average molecular weight is 371 g/mol. The van der Waals surface area contributed by atoms with Gasteiger partial charge < -0.3 is 10.6 Å². The van der Waals surface area contributed by atoms with E-state index in [1.165, 1.54) is 0 Å². The Morgan fingerprint density at radius 1 is 1.13 bits per heavy atom. The van der Waals surface area contributed by atoms with Crippen molar-refractivity contribution >= 4 is 33.4 Å². The van der Waals surface area contributed by atoms with Crippen molar-refractivity contribution in [2.75, 3.05) is 10.6 Å². The largest absolute Gasteiger partial charge is 0.349 e. The lowest BCUT2D eigenvalue weighted by molar-refractivity contribution is 0.947. The number of hydrogen-bond acceptors (Lipinski definition) is 6. The molecule has 0 spiro atoms. The van der Waals surface area contributed by atoms with E-state index < -0.39 is 0 Å². The van der Waals surface area contributed by atoms with Crippen LogP contribution in [0.25, 0.3) is 0 Å². The van der Waals surface area contributed by atoms with Crippen molar-refractivity contribution in [3.63, 3.8) is 0 Å². The molecule has 0 fully saturated rings. The molecule has 3 aromatic rings. The van der Waals surface area contributed by atoms with Crippen LogP contribution in [0.15, 0.2) is 53.4 Å². The molecule has 3 rings (SSSR count). The van der Waals surface area contributed by atoms with Gasteiger partial charge in [-0.05, 0) is 48.4 Å². The third-order valence-electron chi connectivity index (χ3n) is 3.19. The van der Waals surface area contributed by atoms with E-state index in [0.29, 0.717) is 18.3 Å². The summed E-state index contributed by atoms with van der Waals surface area (Å²) >= 11 is 3.49. The van der Waals surface area contributed by atoms with Crippen LogP contribution in [0.2, 0.25) is 0 Å². The number of benzene rings is 1. The molecule has 0 unspecified atom stereocenters. The number of anilines is 3. The molecule has 0 aliphatic rings. The fourth-order valence-corrected chi connectivity index (χ4v) is 2.24. The first-order valence-corrected chi connectivity index (χ1v) is 7.86. The molecular formula is C16H15BrN6. The van der Waals surface area contributed by atoms with Gasteiger partial charge in [-0.25, -0.2) is 0 Å². The van der Waals surface area contributed by atoms with Crippen LogP contribution in [0.4, 0.5) is 17.5 Å². The Labute approximate surface area is 142 Å². The Morgan fingerprint density at radius 3 is 2.74 bits per heavy atom. The molecule has 0 atom stereocenters. The molecule has 2 heterocycles. The molecule has 0 bridgehead atoms. The van der Waals surface area contributed by atoms with E-state index in [4.69, 9.17) is 0 Å². The minimum absolute atomic E-state index is 0.473. The zero-order valence-corrected chi connectivity index (χ0v) is 14.1. The molecule has 0 aliphatic heterocycles. The molecule has 0 saturated heterocycles. The Kier molecular flexibility index (Phi) is 4.77. The predicted octanol–water partition coefficient (Wildman–Crippen LogP) is 3.69. The maximum Gasteiger partial charge on any atom is 0.244 e. The maximum absolute atomic E-state index is 4.41. The average Bonchev–Trinajstić information content (AvgIpc) is 2.58. The first-order valence-electron chi connectivity index (χ1n) is 7.06. The molecule has 0 radical (unpaired) electrons. The summed E-state index contributed by atoms with van der Waals surface area (Å²) in [5.74, 6) is 1.11. The van der Waals surface area contributed by atoms with Crippen molar-refractivity contribution in [3.8, 4) is 0 Å². The Morgan fingerprint density at radius 2 is 1.96 bits per heavy atom. The smallest absolute Gasteiger partial charge is 0.244 e. The zero-order valence-electron chi connectivity index (χ0n) is 12.5. The third kappa shape index (κ3) is 4.23. The standard InChI is InChI=1S/C16H15BrN6/c1-11-8-13(2-3-14(11)17)21-15-10-20-23-16(22-15)19-9-12-4-6-18-7-5-12/h2-8,10H,9H2,1H3,(H2,19,21,22,23). The zero-order chi connectivity index (χ0) is 16.1. The van der Waals surface area contributed by atoms with Gasteiger partial charge in [0.25, 0.3) is 0 Å². The van der Waals surface area contributed by atoms with Gasteiger partial charge in [-0.15, -0.1) is 5.10 Å². The molecule has 23 heavy (non-hydrogen) atoms. The van der Waals surface area contributed by atoms with E-state index in [-0.39, 0.29) is 0 Å². The normalized spacial score (nSPS) is 10.3. The van der Waals surface area contributed by atoms with E-state index in [1.807, 2.05) is 37.3 Å². The van der Waals surface area contributed by atoms with Crippen LogP contribution in [-0.2, 0) is 6.54 Å². The first kappa shape index (κ1) is 15.4. The van der Waals surface area contributed by atoms with E-state index >= 15 is 0 Å². The number of nitrogens with one attached hydrogen (secondary N) is 2. The molecule has 7 heteroatoms. The van der Waals surface area contributed by atoms with Crippen LogP contribution in [0.5, 0.6) is 0 Å². The van der Waals surface area contributed by atoms with Gasteiger partial charge in [0.05, 0.1) is 6.20 Å². The minimum Gasteiger partial charge on any atom is -0.349 e. The lowest BCUT2D eigenvalue weighted by Gasteiger charge is -2.09. The topological polar surface area (TPSA) is 75.6 Å². The van der Waals surface area contributed by atoms with Crippen molar-refractivity contribution in [1.82, 2.24) is 20.2 Å². The van der Waals surface area contributed by atoms with E-state index in [9.17, 15) is 0 Å². The summed E-state index contributed by atoms with van der Waals surface area (Å²) < 4.78 is 1.07. The Balaban J connectivity index is 1.68. The van der Waals surface area contributed by atoms with Gasteiger partial charge in [0.1, 0.15) is 0 Å². The van der Waals surface area contributed by atoms with Crippen LogP contribution in [0.3, 0.4) is 0 Å². The number of rotatable bonds is 5. The second-order valence-corrected chi connectivity index (χ2v) is 5.82. The Bertz CT molecular complexity index is 794. The van der Waals surface area contributed by atoms with Gasteiger partial charge in [-0.2, -0.15) is 10.1 Å². The van der Waals surface area contributed by atoms with Crippen molar-refractivity contribution in [1.29, 1.82) is 0 Å². The number of pyridine rings is 1. The monoisotopic (exact) mass is 370 g/mol. The van der Waals surface area contributed by atoms with Gasteiger partial charge in [-0.1, -0.05) is 15.9 Å². The number of nitrogens with zero attached hydrogens (tertiary/aromatic N) is 4. The number of aromatic nitrogens is 4. The van der Waals surface area contributed by atoms with E-state index in [1.54, 1.807) is 18.6 Å². The molecular weight excluding hydrogens is 356 g/mol. The molecule has 1 aromatic carbocycles. The number of halogens is 1. The lowest BCUT2D eigenvalue weighted by Crippen LogP contribution is -2.06. The molecule has 0 aliphatic carbocycles. The summed E-state index contributed by atoms with van der Waals surface area (Å²) in [6.45, 7) is 2.65. The lowest BCUT2D eigenvalue weighted by atomic mass is 10.2. The summed E-state index contributed by atoms with van der Waals surface area (Å²) in [7, 11) is 0. The van der Waals surface area contributed by atoms with Gasteiger partial charge in [0.2, 0.25) is 5.95 Å². The maximum atomic E-state index is 4.41. The molecule has 0 saturated carbocycles. The Hall–Kier alpha value is -2.54. The minimum atomic E-state index is 0.473. The van der Waals surface area contributed by atoms with Crippen molar-refractivity contribution < 1.29 is 0 Å². The van der Waals surface area contributed by atoms with Gasteiger partial charge in [0, 0.05) is 29.1 Å². The van der Waals surface area contributed by atoms with Gasteiger partial charge in [0.15, 0.2) is 5.82 Å². The predicted molar refractivity (Wildman–Crippen MR) is 93.6 cm³/mol. The molecule has 6 nitrogen and oxygen atoms in total. The first-order chi connectivity index (χ1) is 11.2. The van der Waals surface area contributed by atoms with Crippen molar-refractivity contribution in [2.24, 2.45) is 0 Å². The van der Waals surface area contributed by atoms with Gasteiger partial charge >= 0.3 is 0 Å². The van der Waals surface area contributed by atoms with Crippen LogP contribution in [0, 0.1) is 6.92 Å². The highest BCUT2D eigenvalue weighted by molar-refractivity contribution is 9.10. The van der Waals surface area contributed by atoms with Crippen LogP contribution < -0.4 is 10.6 Å². The van der Waals surface area contributed by atoms with Crippen LogP contribution in [0.1, 0.15) is 11.1 Å². The van der Waals surface area contributed by atoms with Crippen molar-refractivity contribution in [2.45, 2.75) is 13.5 Å². The quantitative estimate of drug-likeness (QED) is 0.713. The fourth-order valence-electron chi connectivity index (χ4n) is 1.99. The second-order valence-electron chi connectivity index (χ2n) is 4.96. The SMILES string of the molecule is Cc1cc(Nc2cnnc(NCc3ccncc3)n2)ccc1Br. The summed E-state index contributed by atoms with van der Waals surface area (Å²) in [5, 5.41) is 14.3. The van der Waals surface area contributed by atoms with Crippen molar-refractivity contribution in [3.05, 3.63) is 64.5 Å².